The molecule has 1 aromatic heterocycles. The zero-order valence-corrected chi connectivity index (χ0v) is 14.9. The number of hydrogen-bond donors (Lipinski definition) is 2. The summed E-state index contributed by atoms with van der Waals surface area (Å²) in [5.74, 6) is 0.659. The summed E-state index contributed by atoms with van der Waals surface area (Å²) in [4.78, 5) is 14.7. The lowest BCUT2D eigenvalue weighted by atomic mass is 10.1. The van der Waals surface area contributed by atoms with Crippen molar-refractivity contribution in [1.82, 2.24) is 4.90 Å². The average Bonchev–Trinajstić information content (AvgIpc) is 3.15. The molecule has 2 heterocycles. The van der Waals surface area contributed by atoms with Gasteiger partial charge in [-0.15, -0.1) is 0 Å². The molecule has 0 bridgehead atoms. The second kappa shape index (κ2) is 7.32. The number of likely N-dealkylation sites (tertiary alicyclic amines) is 1. The third-order valence-electron chi connectivity index (χ3n) is 4.81. The zero-order valence-electron chi connectivity index (χ0n) is 14.9. The molecule has 0 unspecified atom stereocenters. The first-order chi connectivity index (χ1) is 13.1. The predicted molar refractivity (Wildman–Crippen MR) is 102 cm³/mol. The summed E-state index contributed by atoms with van der Waals surface area (Å²) in [5.41, 5.74) is 0.486. The highest BCUT2D eigenvalue weighted by atomic mass is 16.5. The first kappa shape index (κ1) is 17.4. The molecule has 1 fully saturated rings. The van der Waals surface area contributed by atoms with Crippen molar-refractivity contribution in [1.29, 1.82) is 0 Å². The minimum atomic E-state index is -0.366. The SMILES string of the molecule is O=c1cc(-c2ccc(OCCN3CCCC3)cc2)oc2cc(O)cc(O)c12. The van der Waals surface area contributed by atoms with Crippen molar-refractivity contribution in [3.63, 3.8) is 0 Å². The smallest absolute Gasteiger partial charge is 0.197 e. The summed E-state index contributed by atoms with van der Waals surface area (Å²) in [6.45, 7) is 3.86. The lowest BCUT2D eigenvalue weighted by molar-refractivity contribution is 0.238. The van der Waals surface area contributed by atoms with E-state index in [0.29, 0.717) is 17.9 Å². The summed E-state index contributed by atoms with van der Waals surface area (Å²) >= 11 is 0. The van der Waals surface area contributed by atoms with Crippen molar-refractivity contribution in [2.45, 2.75) is 12.8 Å². The van der Waals surface area contributed by atoms with Crippen LogP contribution in [0.1, 0.15) is 12.8 Å². The molecule has 3 aromatic rings. The van der Waals surface area contributed by atoms with E-state index in [2.05, 4.69) is 4.90 Å². The van der Waals surface area contributed by atoms with Crippen molar-refractivity contribution < 1.29 is 19.4 Å². The lowest BCUT2D eigenvalue weighted by Crippen LogP contribution is -2.25. The van der Waals surface area contributed by atoms with E-state index < -0.39 is 0 Å². The fraction of sp³-hybridized carbons (Fsp3) is 0.286. The number of fused-ring (bicyclic) bond motifs is 1. The van der Waals surface area contributed by atoms with E-state index >= 15 is 0 Å². The molecular weight excluding hydrogens is 346 g/mol. The largest absolute Gasteiger partial charge is 0.508 e. The van der Waals surface area contributed by atoms with E-state index in [1.165, 1.54) is 25.0 Å². The molecule has 0 radical (unpaired) electrons. The first-order valence-electron chi connectivity index (χ1n) is 9.05. The van der Waals surface area contributed by atoms with Gasteiger partial charge in [-0.3, -0.25) is 9.69 Å². The van der Waals surface area contributed by atoms with E-state index in [9.17, 15) is 15.0 Å². The molecule has 2 aromatic carbocycles. The number of hydrogen-bond acceptors (Lipinski definition) is 6. The Morgan fingerprint density at radius 3 is 2.52 bits per heavy atom. The normalized spacial score (nSPS) is 14.7. The minimum absolute atomic E-state index is 0.0541. The Balaban J connectivity index is 1.52. The topological polar surface area (TPSA) is 83.1 Å². The van der Waals surface area contributed by atoms with Gasteiger partial charge in [0.15, 0.2) is 5.43 Å². The highest BCUT2D eigenvalue weighted by Gasteiger charge is 2.13. The number of nitrogens with zero attached hydrogens (tertiary/aromatic N) is 1. The van der Waals surface area contributed by atoms with Crippen molar-refractivity contribution in [3.8, 4) is 28.6 Å². The van der Waals surface area contributed by atoms with Crippen LogP contribution >= 0.6 is 0 Å². The van der Waals surface area contributed by atoms with E-state index in [4.69, 9.17) is 9.15 Å². The maximum Gasteiger partial charge on any atom is 0.197 e. The molecule has 0 spiro atoms. The van der Waals surface area contributed by atoms with Crippen molar-refractivity contribution in [3.05, 3.63) is 52.7 Å². The Bertz CT molecular complexity index is 1000. The predicted octanol–water partition coefficient (Wildman–Crippen LogP) is 3.35. The standard InChI is InChI=1S/C21H21NO5/c23-15-11-17(24)21-18(25)13-19(27-20(21)12-15)14-3-5-16(6-4-14)26-10-9-22-7-1-2-8-22/h3-6,11-13,23-24H,1-2,7-10H2. The van der Waals surface area contributed by atoms with Gasteiger partial charge in [-0.2, -0.15) is 0 Å². The van der Waals surface area contributed by atoms with Crippen LogP contribution in [0.2, 0.25) is 0 Å². The number of phenols is 2. The fourth-order valence-electron chi connectivity index (χ4n) is 3.41. The highest BCUT2D eigenvalue weighted by molar-refractivity contribution is 5.85. The van der Waals surface area contributed by atoms with Crippen LogP contribution < -0.4 is 10.2 Å². The molecule has 6 nitrogen and oxygen atoms in total. The van der Waals surface area contributed by atoms with Gasteiger partial charge in [0.1, 0.15) is 40.6 Å². The summed E-state index contributed by atoms with van der Waals surface area (Å²) < 4.78 is 11.5. The molecule has 27 heavy (non-hydrogen) atoms. The van der Waals surface area contributed by atoms with Crippen LogP contribution in [0, 0.1) is 0 Å². The van der Waals surface area contributed by atoms with Gasteiger partial charge in [0.25, 0.3) is 0 Å². The molecule has 1 aliphatic rings. The molecule has 2 N–H and O–H groups in total. The van der Waals surface area contributed by atoms with Gasteiger partial charge >= 0.3 is 0 Å². The molecule has 4 rings (SSSR count). The molecule has 0 amide bonds. The summed E-state index contributed by atoms with van der Waals surface area (Å²) in [6.07, 6.45) is 2.53. The Morgan fingerprint density at radius 2 is 1.78 bits per heavy atom. The van der Waals surface area contributed by atoms with Crippen LogP contribution in [0.15, 0.2) is 51.7 Å². The van der Waals surface area contributed by atoms with Gasteiger partial charge in [0.05, 0.1) is 0 Å². The van der Waals surface area contributed by atoms with Crippen LogP contribution in [-0.2, 0) is 0 Å². The number of benzene rings is 2. The van der Waals surface area contributed by atoms with Gasteiger partial charge in [-0.25, -0.2) is 0 Å². The zero-order chi connectivity index (χ0) is 18.8. The van der Waals surface area contributed by atoms with E-state index in [1.807, 2.05) is 24.3 Å². The summed E-state index contributed by atoms with van der Waals surface area (Å²) in [7, 11) is 0. The number of aromatic hydroxyl groups is 2. The quantitative estimate of drug-likeness (QED) is 0.720. The van der Waals surface area contributed by atoms with Crippen LogP contribution in [0.4, 0.5) is 0 Å². The first-order valence-corrected chi connectivity index (χ1v) is 9.05. The molecule has 140 valence electrons. The molecule has 0 aliphatic carbocycles. The third kappa shape index (κ3) is 3.75. The van der Waals surface area contributed by atoms with Crippen molar-refractivity contribution in [2.24, 2.45) is 0 Å². The molecule has 0 atom stereocenters. The highest BCUT2D eigenvalue weighted by Crippen LogP contribution is 2.30. The average molecular weight is 367 g/mol. The van der Waals surface area contributed by atoms with Gasteiger partial charge in [-0.1, -0.05) is 0 Å². The van der Waals surface area contributed by atoms with Crippen LogP contribution in [0.5, 0.6) is 17.2 Å². The summed E-state index contributed by atoms with van der Waals surface area (Å²) in [6, 6.07) is 11.1. The molecule has 1 aliphatic heterocycles. The Labute approximate surface area is 156 Å². The third-order valence-corrected chi connectivity index (χ3v) is 4.81. The van der Waals surface area contributed by atoms with Crippen LogP contribution in [0.3, 0.4) is 0 Å². The summed E-state index contributed by atoms with van der Waals surface area (Å²) in [5, 5.41) is 19.5. The maximum atomic E-state index is 12.3. The van der Waals surface area contributed by atoms with Crippen LogP contribution in [0.25, 0.3) is 22.3 Å². The van der Waals surface area contributed by atoms with E-state index in [0.717, 1.165) is 31.5 Å². The van der Waals surface area contributed by atoms with E-state index in [1.54, 1.807) is 0 Å². The Hall–Kier alpha value is -2.99. The van der Waals surface area contributed by atoms with E-state index in [-0.39, 0.29) is 27.9 Å². The number of ether oxygens (including phenoxy) is 1. The number of rotatable bonds is 5. The molecule has 0 saturated carbocycles. The second-order valence-corrected chi connectivity index (χ2v) is 6.73. The lowest BCUT2D eigenvalue weighted by Gasteiger charge is -2.15. The number of phenolic OH excluding ortho intramolecular Hbond substituents is 2. The van der Waals surface area contributed by atoms with Crippen molar-refractivity contribution >= 4 is 11.0 Å². The maximum absolute atomic E-state index is 12.3. The van der Waals surface area contributed by atoms with Crippen molar-refractivity contribution in [2.75, 3.05) is 26.2 Å². The van der Waals surface area contributed by atoms with Gasteiger partial charge in [0, 0.05) is 30.3 Å². The van der Waals surface area contributed by atoms with Gasteiger partial charge in [0.2, 0.25) is 0 Å². The minimum Gasteiger partial charge on any atom is -0.508 e. The van der Waals surface area contributed by atoms with Gasteiger partial charge in [-0.05, 0) is 50.2 Å². The van der Waals surface area contributed by atoms with Gasteiger partial charge < -0.3 is 19.4 Å². The molecule has 1 saturated heterocycles. The van der Waals surface area contributed by atoms with Crippen LogP contribution in [-0.4, -0.2) is 41.4 Å². The molecular formula is C21H21NO5. The molecule has 6 heteroatoms. The fourth-order valence-corrected chi connectivity index (χ4v) is 3.41. The Kier molecular flexibility index (Phi) is 4.73. The second-order valence-electron chi connectivity index (χ2n) is 6.73. The monoisotopic (exact) mass is 367 g/mol. The Morgan fingerprint density at radius 1 is 1.04 bits per heavy atom.